The van der Waals surface area contributed by atoms with E-state index in [0.29, 0.717) is 19.3 Å². The second-order valence-corrected chi connectivity index (χ2v) is 18.0. The topological polar surface area (TPSA) is 78.9 Å². The molecular formula is C63H100O6. The molecule has 0 saturated carbocycles. The Kier molecular flexibility index (Phi) is 52.5. The molecule has 6 nitrogen and oxygen atoms in total. The molecule has 1 unspecified atom stereocenters. The van der Waals surface area contributed by atoms with Crippen LogP contribution in [0, 0.1) is 0 Å². The van der Waals surface area contributed by atoms with Gasteiger partial charge in [-0.2, -0.15) is 0 Å². The molecule has 0 amide bonds. The number of unbranched alkanes of at least 4 members (excludes halogenated alkanes) is 24. The van der Waals surface area contributed by atoms with Crippen molar-refractivity contribution >= 4 is 17.9 Å². The lowest BCUT2D eigenvalue weighted by Gasteiger charge is -2.18. The van der Waals surface area contributed by atoms with E-state index in [1.807, 2.05) is 109 Å². The van der Waals surface area contributed by atoms with Crippen LogP contribution >= 0.6 is 0 Å². The van der Waals surface area contributed by atoms with Crippen molar-refractivity contribution < 1.29 is 28.6 Å². The zero-order valence-corrected chi connectivity index (χ0v) is 44.3. The van der Waals surface area contributed by atoms with Crippen LogP contribution in [0.3, 0.4) is 0 Å². The van der Waals surface area contributed by atoms with E-state index in [2.05, 4.69) is 45.1 Å². The van der Waals surface area contributed by atoms with Crippen molar-refractivity contribution in [2.45, 2.75) is 232 Å². The number of esters is 3. The van der Waals surface area contributed by atoms with Crippen LogP contribution in [0.15, 0.2) is 134 Å². The second kappa shape index (κ2) is 56.1. The summed E-state index contributed by atoms with van der Waals surface area (Å²) < 4.78 is 16.8. The third-order valence-corrected chi connectivity index (χ3v) is 11.4. The quantitative estimate of drug-likeness (QED) is 0.0262. The van der Waals surface area contributed by atoms with Gasteiger partial charge in [-0.05, 0) is 57.8 Å². The Morgan fingerprint density at radius 1 is 0.304 bits per heavy atom. The van der Waals surface area contributed by atoms with Gasteiger partial charge < -0.3 is 14.2 Å². The lowest BCUT2D eigenvalue weighted by Crippen LogP contribution is -2.30. The smallest absolute Gasteiger partial charge is 0.306 e. The molecule has 0 radical (unpaired) electrons. The molecule has 0 aromatic rings. The van der Waals surface area contributed by atoms with Gasteiger partial charge in [0.15, 0.2) is 6.10 Å². The predicted molar refractivity (Wildman–Crippen MR) is 297 cm³/mol. The standard InChI is InChI=1S/C63H100O6/c1-4-7-10-13-16-19-22-25-27-29-31-33-35-38-41-44-47-50-53-56-62(65)68-59-60(58-67-61(64)55-52-49-46-43-40-37-24-21-18-15-12-9-6-3)69-63(66)57-54-51-48-45-42-39-36-34-32-30-28-26-23-20-17-14-11-8-5-2/h7,9-10,12-13,15-16,18-19,21-22,24-25,27,29,31,33,35,37-38,40-41,60H,4-6,8,11,14,17,20,23,26,28,30,32,34,36,39,42-59H2,1-3H3/b10-7-,12-9-,16-13-,18-15-,22-19-,24-21-,27-25-,31-29+,35-33-,40-37-,41-38-. The van der Waals surface area contributed by atoms with Gasteiger partial charge in [0, 0.05) is 19.3 Å². The Morgan fingerprint density at radius 3 is 0.884 bits per heavy atom. The lowest BCUT2D eigenvalue weighted by atomic mass is 10.0. The summed E-state index contributed by atoms with van der Waals surface area (Å²) in [6, 6.07) is 0. The summed E-state index contributed by atoms with van der Waals surface area (Å²) in [6.45, 7) is 6.28. The van der Waals surface area contributed by atoms with Crippen molar-refractivity contribution in [1.29, 1.82) is 0 Å². The number of ether oxygens (including phenoxy) is 3. The first-order valence-corrected chi connectivity index (χ1v) is 27.8. The highest BCUT2D eigenvalue weighted by molar-refractivity contribution is 5.71. The van der Waals surface area contributed by atoms with Gasteiger partial charge in [0.2, 0.25) is 0 Å². The summed E-state index contributed by atoms with van der Waals surface area (Å²) in [5, 5.41) is 0. The highest BCUT2D eigenvalue weighted by atomic mass is 16.6. The molecule has 0 bridgehead atoms. The fourth-order valence-corrected chi connectivity index (χ4v) is 7.32. The van der Waals surface area contributed by atoms with Crippen molar-refractivity contribution in [3.8, 4) is 0 Å². The zero-order valence-electron chi connectivity index (χ0n) is 44.3. The van der Waals surface area contributed by atoms with Gasteiger partial charge >= 0.3 is 17.9 Å². The minimum absolute atomic E-state index is 0.116. The Labute approximate surface area is 424 Å². The first kappa shape index (κ1) is 64.5. The molecule has 6 heteroatoms. The van der Waals surface area contributed by atoms with Gasteiger partial charge in [-0.3, -0.25) is 14.4 Å². The highest BCUT2D eigenvalue weighted by Crippen LogP contribution is 2.16. The van der Waals surface area contributed by atoms with Crippen molar-refractivity contribution in [2.24, 2.45) is 0 Å². The summed E-state index contributed by atoms with van der Waals surface area (Å²) in [7, 11) is 0. The van der Waals surface area contributed by atoms with E-state index in [9.17, 15) is 14.4 Å². The molecule has 0 rings (SSSR count). The second-order valence-electron chi connectivity index (χ2n) is 18.0. The first-order chi connectivity index (χ1) is 34.0. The molecule has 0 heterocycles. The van der Waals surface area contributed by atoms with Crippen molar-refractivity contribution in [1.82, 2.24) is 0 Å². The zero-order chi connectivity index (χ0) is 50.0. The van der Waals surface area contributed by atoms with E-state index in [4.69, 9.17) is 14.2 Å². The maximum absolute atomic E-state index is 12.9. The van der Waals surface area contributed by atoms with E-state index >= 15 is 0 Å². The number of hydrogen-bond donors (Lipinski definition) is 0. The molecule has 0 N–H and O–H groups in total. The van der Waals surface area contributed by atoms with Crippen LogP contribution in [-0.2, 0) is 28.6 Å². The summed E-state index contributed by atoms with van der Waals surface area (Å²) in [5.41, 5.74) is 0. The van der Waals surface area contributed by atoms with Gasteiger partial charge in [-0.1, -0.05) is 283 Å². The number of carbonyl (C=O) groups is 3. The normalized spacial score (nSPS) is 13.1. The Morgan fingerprint density at radius 2 is 0.565 bits per heavy atom. The fraction of sp³-hybridized carbons (Fsp3) is 0.603. The molecule has 0 aromatic heterocycles. The van der Waals surface area contributed by atoms with E-state index < -0.39 is 6.10 Å². The summed E-state index contributed by atoms with van der Waals surface area (Å²) >= 11 is 0. The average molecular weight is 953 g/mol. The lowest BCUT2D eigenvalue weighted by molar-refractivity contribution is -0.167. The van der Waals surface area contributed by atoms with Crippen LogP contribution in [-0.4, -0.2) is 37.2 Å². The molecule has 0 saturated heterocycles. The molecule has 1 atom stereocenters. The minimum Gasteiger partial charge on any atom is -0.462 e. The van der Waals surface area contributed by atoms with E-state index in [0.717, 1.165) is 83.5 Å². The molecule has 0 aliphatic rings. The van der Waals surface area contributed by atoms with Gasteiger partial charge in [0.1, 0.15) is 13.2 Å². The van der Waals surface area contributed by atoms with Crippen LogP contribution in [0.2, 0.25) is 0 Å². The molecule has 0 aliphatic heterocycles. The number of allylic oxidation sites excluding steroid dienone is 22. The molecule has 388 valence electrons. The monoisotopic (exact) mass is 953 g/mol. The van der Waals surface area contributed by atoms with Crippen molar-refractivity contribution in [3.05, 3.63) is 134 Å². The highest BCUT2D eigenvalue weighted by Gasteiger charge is 2.19. The van der Waals surface area contributed by atoms with Gasteiger partial charge in [0.05, 0.1) is 0 Å². The summed E-state index contributed by atoms with van der Waals surface area (Å²) in [5.74, 6) is -0.999. The van der Waals surface area contributed by atoms with Crippen LogP contribution in [0.5, 0.6) is 0 Å². The minimum atomic E-state index is -0.817. The molecule has 0 spiro atoms. The SMILES string of the molecule is CC\C=C/C=C\C=C/C=C\C=C\C=C/C=C\CCCCCC(=O)OCC(COC(=O)CCCCC\C=C/C=C\C=C/C=C\CC)OC(=O)CCCCCCCCCCCCCCCCCCCCC. The average Bonchev–Trinajstić information content (AvgIpc) is 3.35. The molecule has 0 aromatic carbocycles. The van der Waals surface area contributed by atoms with Crippen LogP contribution in [0.4, 0.5) is 0 Å². The third kappa shape index (κ3) is 54.4. The molecular weight excluding hydrogens is 853 g/mol. The summed E-state index contributed by atoms with van der Waals surface area (Å²) in [4.78, 5) is 38.1. The Bertz CT molecular complexity index is 1510. The van der Waals surface area contributed by atoms with E-state index in [1.54, 1.807) is 0 Å². The van der Waals surface area contributed by atoms with Crippen LogP contribution in [0.1, 0.15) is 226 Å². The van der Waals surface area contributed by atoms with E-state index in [1.165, 1.54) is 103 Å². The molecule has 0 aliphatic carbocycles. The van der Waals surface area contributed by atoms with Crippen LogP contribution in [0.25, 0.3) is 0 Å². The largest absolute Gasteiger partial charge is 0.462 e. The summed E-state index contributed by atoms with van der Waals surface area (Å²) in [6.07, 6.45) is 78.7. The number of hydrogen-bond acceptors (Lipinski definition) is 6. The van der Waals surface area contributed by atoms with Gasteiger partial charge in [-0.15, -0.1) is 0 Å². The van der Waals surface area contributed by atoms with Gasteiger partial charge in [-0.25, -0.2) is 0 Å². The van der Waals surface area contributed by atoms with Crippen LogP contribution < -0.4 is 0 Å². The third-order valence-electron chi connectivity index (χ3n) is 11.4. The maximum atomic E-state index is 12.9. The number of rotatable bonds is 48. The van der Waals surface area contributed by atoms with Crippen molar-refractivity contribution in [3.63, 3.8) is 0 Å². The Balaban J connectivity index is 4.51. The predicted octanol–water partition coefficient (Wildman–Crippen LogP) is 18.6. The van der Waals surface area contributed by atoms with E-state index in [-0.39, 0.29) is 31.1 Å². The fourth-order valence-electron chi connectivity index (χ4n) is 7.32. The molecule has 69 heavy (non-hydrogen) atoms. The first-order valence-electron chi connectivity index (χ1n) is 27.8. The number of carbonyl (C=O) groups excluding carboxylic acids is 3. The van der Waals surface area contributed by atoms with Crippen molar-refractivity contribution in [2.75, 3.05) is 13.2 Å². The van der Waals surface area contributed by atoms with Gasteiger partial charge in [0.25, 0.3) is 0 Å². The molecule has 0 fully saturated rings. The Hall–Kier alpha value is -4.45. The maximum Gasteiger partial charge on any atom is 0.306 e.